The lowest BCUT2D eigenvalue weighted by molar-refractivity contribution is 0.202. The number of pyridine rings is 1. The minimum atomic E-state index is -2.89. The highest BCUT2D eigenvalue weighted by Gasteiger charge is 2.32. The molecule has 0 N–H and O–H groups in total. The molecule has 2 heterocycles. The van der Waals surface area contributed by atoms with Crippen LogP contribution in [0.25, 0.3) is 0 Å². The molecule has 134 valence electrons. The number of nitrogens with zero attached hydrogens (tertiary/aromatic N) is 2. The topological polar surface area (TPSA) is 59.5 Å². The van der Waals surface area contributed by atoms with E-state index in [1.54, 1.807) is 12.4 Å². The summed E-state index contributed by atoms with van der Waals surface area (Å²) in [5.41, 5.74) is 1.06. The van der Waals surface area contributed by atoms with Gasteiger partial charge in [0, 0.05) is 24.3 Å². The van der Waals surface area contributed by atoms with Crippen LogP contribution in [0, 0.1) is 0 Å². The first-order valence-electron chi connectivity index (χ1n) is 8.67. The number of sulfone groups is 1. The van der Waals surface area contributed by atoms with Crippen LogP contribution in [-0.4, -0.2) is 42.4 Å². The number of aromatic nitrogens is 1. The number of rotatable bonds is 7. The van der Waals surface area contributed by atoms with Crippen LogP contribution in [0.15, 0.2) is 48.8 Å². The molecule has 1 aromatic heterocycles. The van der Waals surface area contributed by atoms with E-state index in [2.05, 4.69) is 16.8 Å². The summed E-state index contributed by atoms with van der Waals surface area (Å²) in [6, 6.07) is 11.7. The Morgan fingerprint density at radius 1 is 1.24 bits per heavy atom. The first-order valence-corrected chi connectivity index (χ1v) is 10.5. The van der Waals surface area contributed by atoms with Gasteiger partial charge in [-0.2, -0.15) is 0 Å². The fourth-order valence-electron chi connectivity index (χ4n) is 3.23. The van der Waals surface area contributed by atoms with Crippen LogP contribution in [0.5, 0.6) is 11.5 Å². The maximum Gasteiger partial charge on any atom is 0.151 e. The van der Waals surface area contributed by atoms with E-state index in [4.69, 9.17) is 4.74 Å². The van der Waals surface area contributed by atoms with Gasteiger partial charge in [-0.25, -0.2) is 8.42 Å². The molecule has 1 fully saturated rings. The van der Waals surface area contributed by atoms with Gasteiger partial charge in [0.2, 0.25) is 0 Å². The van der Waals surface area contributed by atoms with Gasteiger partial charge in [-0.1, -0.05) is 25.1 Å². The highest BCUT2D eigenvalue weighted by Crippen LogP contribution is 2.28. The second kappa shape index (κ2) is 7.97. The van der Waals surface area contributed by atoms with Crippen molar-refractivity contribution >= 4 is 9.84 Å². The van der Waals surface area contributed by atoms with Gasteiger partial charge in [-0.15, -0.1) is 0 Å². The van der Waals surface area contributed by atoms with E-state index in [0.29, 0.717) is 24.5 Å². The van der Waals surface area contributed by atoms with Crippen LogP contribution < -0.4 is 4.74 Å². The number of benzene rings is 1. The predicted molar refractivity (Wildman–Crippen MR) is 98.5 cm³/mol. The highest BCUT2D eigenvalue weighted by molar-refractivity contribution is 7.91. The molecule has 0 amide bonds. The summed E-state index contributed by atoms with van der Waals surface area (Å²) in [6.07, 6.45) is 5.10. The molecule has 5 nitrogen and oxygen atoms in total. The normalized spacial score (nSPS) is 19.2. The molecular formula is C19H24N2O3S. The van der Waals surface area contributed by atoms with Gasteiger partial charge in [0.15, 0.2) is 9.84 Å². The van der Waals surface area contributed by atoms with Crippen molar-refractivity contribution in [2.75, 3.05) is 18.1 Å². The molecule has 0 radical (unpaired) electrons. The number of para-hydroxylation sites is 1. The van der Waals surface area contributed by atoms with Gasteiger partial charge >= 0.3 is 0 Å². The van der Waals surface area contributed by atoms with Gasteiger partial charge in [-0.05, 0) is 37.6 Å². The Hall–Kier alpha value is -1.92. The zero-order valence-corrected chi connectivity index (χ0v) is 15.3. The molecule has 1 saturated heterocycles. The van der Waals surface area contributed by atoms with Gasteiger partial charge in [-0.3, -0.25) is 9.88 Å². The summed E-state index contributed by atoms with van der Waals surface area (Å²) in [5, 5.41) is 0. The van der Waals surface area contributed by atoms with E-state index in [1.807, 2.05) is 36.4 Å². The van der Waals surface area contributed by atoms with Crippen molar-refractivity contribution in [2.45, 2.75) is 32.4 Å². The maximum atomic E-state index is 11.9. The van der Waals surface area contributed by atoms with E-state index in [9.17, 15) is 8.42 Å². The molecule has 0 spiro atoms. The Kier molecular flexibility index (Phi) is 5.71. The molecular weight excluding hydrogens is 336 g/mol. The molecule has 6 heteroatoms. The van der Waals surface area contributed by atoms with E-state index >= 15 is 0 Å². The van der Waals surface area contributed by atoms with Crippen LogP contribution >= 0.6 is 0 Å². The van der Waals surface area contributed by atoms with Crippen molar-refractivity contribution in [3.8, 4) is 11.5 Å². The summed E-state index contributed by atoms with van der Waals surface area (Å²) < 4.78 is 29.7. The van der Waals surface area contributed by atoms with E-state index in [-0.39, 0.29) is 11.8 Å². The summed E-state index contributed by atoms with van der Waals surface area (Å²) >= 11 is 0. The van der Waals surface area contributed by atoms with E-state index in [1.165, 1.54) is 0 Å². The Morgan fingerprint density at radius 2 is 2.08 bits per heavy atom. The summed E-state index contributed by atoms with van der Waals surface area (Å²) in [6.45, 7) is 3.68. The van der Waals surface area contributed by atoms with E-state index < -0.39 is 9.84 Å². The minimum Gasteiger partial charge on any atom is -0.455 e. The molecule has 1 unspecified atom stereocenters. The molecule has 0 bridgehead atoms. The lowest BCUT2D eigenvalue weighted by atomic mass is 10.1. The Labute approximate surface area is 149 Å². The molecule has 2 aromatic rings. The molecule has 3 rings (SSSR count). The van der Waals surface area contributed by atoms with E-state index in [0.717, 1.165) is 24.3 Å². The third kappa shape index (κ3) is 4.80. The molecule has 25 heavy (non-hydrogen) atoms. The zero-order valence-electron chi connectivity index (χ0n) is 14.5. The number of hydrogen-bond acceptors (Lipinski definition) is 5. The van der Waals surface area contributed by atoms with Gasteiger partial charge in [0.1, 0.15) is 11.5 Å². The van der Waals surface area contributed by atoms with Crippen molar-refractivity contribution in [2.24, 2.45) is 0 Å². The van der Waals surface area contributed by atoms with Gasteiger partial charge in [0.05, 0.1) is 17.7 Å². The molecule has 1 aromatic carbocycles. The molecule has 1 aliphatic heterocycles. The smallest absolute Gasteiger partial charge is 0.151 e. The van der Waals surface area contributed by atoms with Gasteiger partial charge in [0.25, 0.3) is 0 Å². The molecule has 0 saturated carbocycles. The summed E-state index contributed by atoms with van der Waals surface area (Å²) in [5.74, 6) is 2.04. The van der Waals surface area contributed by atoms with Gasteiger partial charge < -0.3 is 4.74 Å². The fourth-order valence-corrected chi connectivity index (χ4v) is 4.99. The molecule has 0 aliphatic carbocycles. The molecule has 1 atom stereocenters. The average molecular weight is 360 g/mol. The summed E-state index contributed by atoms with van der Waals surface area (Å²) in [4.78, 5) is 6.35. The van der Waals surface area contributed by atoms with Crippen LogP contribution in [0.3, 0.4) is 0 Å². The van der Waals surface area contributed by atoms with Crippen molar-refractivity contribution in [1.82, 2.24) is 9.88 Å². The number of hydrogen-bond donors (Lipinski definition) is 0. The monoisotopic (exact) mass is 360 g/mol. The first kappa shape index (κ1) is 17.9. The van der Waals surface area contributed by atoms with Crippen molar-refractivity contribution in [1.29, 1.82) is 0 Å². The largest absolute Gasteiger partial charge is 0.455 e. The second-order valence-electron chi connectivity index (χ2n) is 6.43. The van der Waals surface area contributed by atoms with Crippen molar-refractivity contribution in [3.05, 3.63) is 54.4 Å². The van der Waals surface area contributed by atoms with Crippen LogP contribution in [-0.2, 0) is 16.4 Å². The second-order valence-corrected chi connectivity index (χ2v) is 8.65. The highest BCUT2D eigenvalue weighted by atomic mass is 32.2. The summed E-state index contributed by atoms with van der Waals surface area (Å²) in [7, 11) is -2.89. The lowest BCUT2D eigenvalue weighted by Crippen LogP contribution is -2.36. The third-order valence-electron chi connectivity index (χ3n) is 4.44. The zero-order chi connectivity index (χ0) is 17.7. The SMILES string of the molecule is CCCN(Cc1ccccc1Oc1cccnc1)C1CCS(=O)(=O)C1. The van der Waals surface area contributed by atoms with Crippen LogP contribution in [0.1, 0.15) is 25.3 Å². The molecule has 1 aliphatic rings. The van der Waals surface area contributed by atoms with Crippen molar-refractivity contribution in [3.63, 3.8) is 0 Å². The Balaban J connectivity index is 1.78. The third-order valence-corrected chi connectivity index (χ3v) is 6.19. The Bertz CT molecular complexity index is 793. The first-order chi connectivity index (χ1) is 12.1. The fraction of sp³-hybridized carbons (Fsp3) is 0.421. The Morgan fingerprint density at radius 3 is 2.76 bits per heavy atom. The van der Waals surface area contributed by atoms with Crippen molar-refractivity contribution < 1.29 is 13.2 Å². The predicted octanol–water partition coefficient (Wildman–Crippen LogP) is 3.27. The van der Waals surface area contributed by atoms with Crippen LogP contribution in [0.2, 0.25) is 0 Å². The average Bonchev–Trinajstić information content (AvgIpc) is 2.97. The standard InChI is InChI=1S/C19H24N2O3S/c1-2-11-21(17-9-12-25(22,23)15-17)14-16-6-3-4-8-19(16)24-18-7-5-10-20-13-18/h3-8,10,13,17H,2,9,11-12,14-15H2,1H3. The quantitative estimate of drug-likeness (QED) is 0.758. The minimum absolute atomic E-state index is 0.0939. The lowest BCUT2D eigenvalue weighted by Gasteiger charge is -2.28. The number of ether oxygens (including phenoxy) is 1. The maximum absolute atomic E-state index is 11.9. The van der Waals surface area contributed by atoms with Crippen LogP contribution in [0.4, 0.5) is 0 Å².